The molecule has 0 spiro atoms. The van der Waals surface area contributed by atoms with Crippen LogP contribution in [0.5, 0.6) is 0 Å². The molecule has 0 aromatic heterocycles. The smallest absolute Gasteiger partial charge is 0.446 e. The van der Waals surface area contributed by atoms with Crippen LogP contribution >= 0.6 is 8.25 Å². The lowest BCUT2D eigenvalue weighted by molar-refractivity contribution is 0.0884. The number of hydrogen-bond donors (Lipinski definition) is 2. The molecular weight excluding hydrogens is 387 g/mol. The molecule has 0 saturated heterocycles. The van der Waals surface area contributed by atoms with Gasteiger partial charge < -0.3 is 20.1 Å². The second-order valence-corrected chi connectivity index (χ2v) is 7.16. The average molecular weight is 423 g/mol. The van der Waals surface area contributed by atoms with Gasteiger partial charge in [0.15, 0.2) is 0 Å². The highest BCUT2D eigenvalue weighted by atomic mass is 31.1. The number of rotatable bonds is 16. The number of ether oxygens (including phenoxy) is 2. The zero-order chi connectivity index (χ0) is 21.2. The molecule has 0 fully saturated rings. The van der Waals surface area contributed by atoms with E-state index in [9.17, 15) is 14.2 Å². The summed E-state index contributed by atoms with van der Waals surface area (Å²) in [6, 6.07) is 0. The molecule has 10 heteroatoms. The first-order valence-electron chi connectivity index (χ1n) is 10.1. The number of carbonyl (C=O) groups is 2. The number of hydrogen-bond acceptors (Lipinski definition) is 7. The van der Waals surface area contributed by atoms with Crippen molar-refractivity contribution in [3.05, 3.63) is 0 Å². The summed E-state index contributed by atoms with van der Waals surface area (Å²) >= 11 is 0. The van der Waals surface area contributed by atoms with Crippen LogP contribution in [-0.2, 0) is 23.1 Å². The van der Waals surface area contributed by atoms with E-state index in [0.717, 1.165) is 38.5 Å². The predicted molar refractivity (Wildman–Crippen MR) is 106 cm³/mol. The number of amides is 2. The molecule has 28 heavy (non-hydrogen) atoms. The van der Waals surface area contributed by atoms with Crippen LogP contribution in [0.25, 0.3) is 0 Å². The summed E-state index contributed by atoms with van der Waals surface area (Å²) in [5.74, 6) is 0. The summed E-state index contributed by atoms with van der Waals surface area (Å²) in [6.45, 7) is 8.35. The van der Waals surface area contributed by atoms with Crippen molar-refractivity contribution in [2.45, 2.75) is 78.4 Å². The van der Waals surface area contributed by atoms with E-state index in [1.165, 1.54) is 0 Å². The van der Waals surface area contributed by atoms with Gasteiger partial charge in [-0.1, -0.05) is 40.5 Å². The molecule has 0 aromatic carbocycles. The van der Waals surface area contributed by atoms with Gasteiger partial charge in [0.25, 0.3) is 0 Å². The van der Waals surface area contributed by atoms with Crippen LogP contribution in [0.2, 0.25) is 0 Å². The lowest BCUT2D eigenvalue weighted by atomic mass is 10.2. The Morgan fingerprint density at radius 1 is 0.786 bits per heavy atom. The van der Waals surface area contributed by atoms with Crippen molar-refractivity contribution in [2.24, 2.45) is 0 Å². The summed E-state index contributed by atoms with van der Waals surface area (Å²) in [6.07, 6.45) is 3.81. The molecule has 2 N–H and O–H groups in total. The summed E-state index contributed by atoms with van der Waals surface area (Å²) in [7, 11) is -2.33. The maximum atomic E-state index is 11.6. The standard InChI is InChI=1S/C18H35N2O7P/c1-5-9-15(7-3)26-17(21)19-11-13-24-28(23)25-14-12-20-18(22)27-16(8-4)10-6-2/h15-16H,5-14H2,1-4H3,(H-,19,20,21,22)/p+1. The number of carbonyl (C=O) groups excluding carboxylic acids is 2. The van der Waals surface area contributed by atoms with Crippen molar-refractivity contribution in [3.8, 4) is 0 Å². The monoisotopic (exact) mass is 423 g/mol. The lowest BCUT2D eigenvalue weighted by Gasteiger charge is -2.15. The van der Waals surface area contributed by atoms with E-state index >= 15 is 0 Å². The molecule has 0 aliphatic heterocycles. The largest absolute Gasteiger partial charge is 0.697 e. The van der Waals surface area contributed by atoms with Gasteiger partial charge in [0.05, 0.1) is 0 Å². The van der Waals surface area contributed by atoms with Gasteiger partial charge in [-0.15, -0.1) is 9.05 Å². The van der Waals surface area contributed by atoms with Crippen LogP contribution in [0, 0.1) is 0 Å². The van der Waals surface area contributed by atoms with Crippen molar-refractivity contribution in [1.82, 2.24) is 10.6 Å². The molecule has 0 aliphatic carbocycles. The molecule has 0 rings (SSSR count). The van der Waals surface area contributed by atoms with Gasteiger partial charge in [0.1, 0.15) is 25.4 Å². The third-order valence-electron chi connectivity index (χ3n) is 3.82. The van der Waals surface area contributed by atoms with Gasteiger partial charge in [0, 0.05) is 17.7 Å². The van der Waals surface area contributed by atoms with Crippen LogP contribution in [0.15, 0.2) is 0 Å². The Morgan fingerprint density at radius 2 is 1.18 bits per heavy atom. The van der Waals surface area contributed by atoms with Gasteiger partial charge >= 0.3 is 20.4 Å². The van der Waals surface area contributed by atoms with Crippen LogP contribution in [-0.4, -0.2) is 50.7 Å². The van der Waals surface area contributed by atoms with Crippen molar-refractivity contribution < 1.29 is 32.7 Å². The summed E-state index contributed by atoms with van der Waals surface area (Å²) in [5, 5.41) is 5.07. The molecular formula is C18H36N2O7P+. The second-order valence-electron chi connectivity index (χ2n) is 6.19. The van der Waals surface area contributed by atoms with E-state index in [-0.39, 0.29) is 38.5 Å². The fraction of sp³-hybridized carbons (Fsp3) is 0.889. The minimum absolute atomic E-state index is 0.0273. The Morgan fingerprint density at radius 3 is 1.50 bits per heavy atom. The fourth-order valence-electron chi connectivity index (χ4n) is 2.31. The van der Waals surface area contributed by atoms with Crippen molar-refractivity contribution in [2.75, 3.05) is 26.3 Å². The second kappa shape index (κ2) is 17.6. The molecule has 164 valence electrons. The summed E-state index contributed by atoms with van der Waals surface area (Å²) in [5.41, 5.74) is 0. The Labute approximate surface area is 169 Å². The van der Waals surface area contributed by atoms with E-state index in [2.05, 4.69) is 10.6 Å². The van der Waals surface area contributed by atoms with Gasteiger partial charge in [-0.25, -0.2) is 9.59 Å². The van der Waals surface area contributed by atoms with Crippen LogP contribution in [0.4, 0.5) is 9.59 Å². The Balaban J connectivity index is 3.72. The minimum Gasteiger partial charge on any atom is -0.446 e. The average Bonchev–Trinajstić information content (AvgIpc) is 2.67. The summed E-state index contributed by atoms with van der Waals surface area (Å²) < 4.78 is 32.0. The topological polar surface area (TPSA) is 112 Å². The van der Waals surface area contributed by atoms with Crippen molar-refractivity contribution in [1.29, 1.82) is 0 Å². The first kappa shape index (κ1) is 26.6. The van der Waals surface area contributed by atoms with Crippen molar-refractivity contribution in [3.63, 3.8) is 0 Å². The van der Waals surface area contributed by atoms with Crippen LogP contribution < -0.4 is 10.6 Å². The molecule has 0 heterocycles. The highest BCUT2D eigenvalue weighted by Crippen LogP contribution is 2.22. The quantitative estimate of drug-likeness (QED) is 0.281. The first-order chi connectivity index (χ1) is 13.5. The predicted octanol–water partition coefficient (Wildman–Crippen LogP) is 4.29. The molecule has 0 aliphatic rings. The lowest BCUT2D eigenvalue weighted by Crippen LogP contribution is -2.31. The zero-order valence-corrected chi connectivity index (χ0v) is 18.4. The minimum atomic E-state index is -2.33. The van der Waals surface area contributed by atoms with Gasteiger partial charge in [0.2, 0.25) is 0 Å². The SMILES string of the molecule is CCCC(CC)OC(=O)NCCO[P+](=O)OCCNC(=O)OC(CC)CCC. The maximum absolute atomic E-state index is 11.6. The molecule has 9 nitrogen and oxygen atoms in total. The highest BCUT2D eigenvalue weighted by Gasteiger charge is 2.20. The maximum Gasteiger partial charge on any atom is 0.697 e. The highest BCUT2D eigenvalue weighted by molar-refractivity contribution is 7.33. The summed E-state index contributed by atoms with van der Waals surface area (Å²) in [4.78, 5) is 23.2. The molecule has 0 radical (unpaired) electrons. The van der Waals surface area contributed by atoms with Gasteiger partial charge in [-0.05, 0) is 25.7 Å². The molecule has 0 aromatic rings. The van der Waals surface area contributed by atoms with Crippen molar-refractivity contribution >= 4 is 20.4 Å². The molecule has 2 atom stereocenters. The van der Waals surface area contributed by atoms with Gasteiger partial charge in [-0.3, -0.25) is 0 Å². The third kappa shape index (κ3) is 14.6. The zero-order valence-electron chi connectivity index (χ0n) is 17.5. The third-order valence-corrected chi connectivity index (χ3v) is 4.60. The van der Waals surface area contributed by atoms with Gasteiger partial charge in [-0.2, -0.15) is 0 Å². The molecule has 0 bridgehead atoms. The van der Waals surface area contributed by atoms with E-state index < -0.39 is 20.4 Å². The Bertz CT molecular complexity index is 414. The van der Waals surface area contributed by atoms with E-state index in [1.807, 2.05) is 27.7 Å². The van der Waals surface area contributed by atoms with Crippen LogP contribution in [0.1, 0.15) is 66.2 Å². The number of nitrogens with one attached hydrogen (secondary N) is 2. The normalized spacial score (nSPS) is 13.4. The Kier molecular flexibility index (Phi) is 16.7. The molecule has 2 unspecified atom stereocenters. The number of alkyl carbamates (subject to hydrolysis) is 2. The fourth-order valence-corrected chi connectivity index (χ4v) is 2.86. The van der Waals surface area contributed by atoms with E-state index in [1.54, 1.807) is 0 Å². The first-order valence-corrected chi connectivity index (χ1v) is 11.2. The Hall–Kier alpha value is -1.44. The van der Waals surface area contributed by atoms with E-state index in [4.69, 9.17) is 18.5 Å². The molecule has 0 saturated carbocycles. The molecule has 2 amide bonds. The van der Waals surface area contributed by atoms with E-state index in [0.29, 0.717) is 0 Å². The van der Waals surface area contributed by atoms with Crippen LogP contribution in [0.3, 0.4) is 0 Å².